The molecule has 0 bridgehead atoms. The maximum absolute atomic E-state index is 12.2. The van der Waals surface area contributed by atoms with Crippen molar-refractivity contribution in [3.63, 3.8) is 0 Å². The number of aryl methyl sites for hydroxylation is 1. The predicted octanol–water partition coefficient (Wildman–Crippen LogP) is 4.23. The number of carbonyl (C=O) groups is 1. The molecule has 0 atom stereocenters. The number of nitrogens with one attached hydrogen (secondary N) is 1. The molecule has 0 saturated carbocycles. The van der Waals surface area contributed by atoms with Gasteiger partial charge in [-0.25, -0.2) is 4.98 Å². The van der Waals surface area contributed by atoms with Gasteiger partial charge in [0.05, 0.1) is 24.8 Å². The van der Waals surface area contributed by atoms with Crippen LogP contribution in [0, 0.1) is 0 Å². The van der Waals surface area contributed by atoms with E-state index in [1.165, 1.54) is 6.08 Å². The molecule has 0 unspecified atom stereocenters. The minimum Gasteiger partial charge on any atom is -0.493 e. The normalized spacial score (nSPS) is 11.2. The van der Waals surface area contributed by atoms with E-state index in [0.717, 1.165) is 35.4 Å². The highest BCUT2D eigenvalue weighted by Gasteiger charge is 2.10. The number of para-hydroxylation sites is 2. The Morgan fingerprint density at radius 1 is 1.17 bits per heavy atom. The Morgan fingerprint density at radius 2 is 2.00 bits per heavy atom. The van der Waals surface area contributed by atoms with Crippen molar-refractivity contribution in [2.45, 2.75) is 33.2 Å². The van der Waals surface area contributed by atoms with Crippen molar-refractivity contribution in [3.05, 3.63) is 59.9 Å². The lowest BCUT2D eigenvalue weighted by atomic mass is 10.2. The maximum Gasteiger partial charge on any atom is 0.244 e. The van der Waals surface area contributed by atoms with Gasteiger partial charge in [-0.3, -0.25) is 4.79 Å². The molecule has 0 radical (unpaired) electrons. The first-order chi connectivity index (χ1) is 14.7. The fourth-order valence-electron chi connectivity index (χ4n) is 3.38. The molecule has 1 aromatic heterocycles. The lowest BCUT2D eigenvalue weighted by molar-refractivity contribution is -0.116. The van der Waals surface area contributed by atoms with E-state index in [2.05, 4.69) is 22.9 Å². The Balaban J connectivity index is 1.59. The molecule has 6 nitrogen and oxygen atoms in total. The highest BCUT2D eigenvalue weighted by atomic mass is 16.5. The van der Waals surface area contributed by atoms with E-state index in [4.69, 9.17) is 14.5 Å². The van der Waals surface area contributed by atoms with E-state index in [0.29, 0.717) is 31.1 Å². The van der Waals surface area contributed by atoms with Crippen molar-refractivity contribution in [3.8, 4) is 11.5 Å². The van der Waals surface area contributed by atoms with Crippen molar-refractivity contribution in [1.29, 1.82) is 0 Å². The van der Waals surface area contributed by atoms with Crippen molar-refractivity contribution in [2.75, 3.05) is 20.3 Å². The number of fused-ring (bicyclic) bond motifs is 1. The number of rotatable bonds is 10. The summed E-state index contributed by atoms with van der Waals surface area (Å²) in [5.74, 6) is 2.20. The van der Waals surface area contributed by atoms with Gasteiger partial charge in [0.1, 0.15) is 5.82 Å². The second-order valence-electron chi connectivity index (χ2n) is 6.89. The minimum absolute atomic E-state index is 0.138. The molecule has 1 amide bonds. The number of hydrogen-bond donors (Lipinski definition) is 1. The molecule has 30 heavy (non-hydrogen) atoms. The van der Waals surface area contributed by atoms with Gasteiger partial charge < -0.3 is 19.4 Å². The summed E-state index contributed by atoms with van der Waals surface area (Å²) in [6.07, 6.45) is 5.02. The maximum atomic E-state index is 12.2. The highest BCUT2D eigenvalue weighted by Crippen LogP contribution is 2.28. The number of methoxy groups -OCH3 is 1. The number of carbonyl (C=O) groups excluding carboxylic acids is 1. The number of nitrogens with zero attached hydrogens (tertiary/aromatic N) is 2. The number of hydrogen-bond acceptors (Lipinski definition) is 4. The molecule has 0 aliphatic heterocycles. The molecule has 1 N–H and O–H groups in total. The molecule has 3 rings (SSSR count). The number of amides is 1. The van der Waals surface area contributed by atoms with Crippen molar-refractivity contribution >= 4 is 23.0 Å². The Bertz CT molecular complexity index is 1020. The van der Waals surface area contributed by atoms with Crippen LogP contribution in [0.3, 0.4) is 0 Å². The average Bonchev–Trinajstić information content (AvgIpc) is 3.11. The van der Waals surface area contributed by atoms with Crippen molar-refractivity contribution in [1.82, 2.24) is 14.9 Å². The highest BCUT2D eigenvalue weighted by molar-refractivity contribution is 5.91. The van der Waals surface area contributed by atoms with Gasteiger partial charge in [0, 0.05) is 25.6 Å². The summed E-state index contributed by atoms with van der Waals surface area (Å²) in [6, 6.07) is 13.7. The van der Waals surface area contributed by atoms with Crippen LogP contribution in [-0.2, 0) is 17.8 Å². The van der Waals surface area contributed by atoms with Gasteiger partial charge in [0.2, 0.25) is 5.91 Å². The largest absolute Gasteiger partial charge is 0.493 e. The van der Waals surface area contributed by atoms with Crippen LogP contribution in [-0.4, -0.2) is 35.7 Å². The number of aromatic nitrogens is 2. The van der Waals surface area contributed by atoms with Crippen LogP contribution in [0.4, 0.5) is 0 Å². The first-order valence-corrected chi connectivity index (χ1v) is 10.4. The fourth-order valence-corrected chi connectivity index (χ4v) is 3.38. The third-order valence-corrected chi connectivity index (χ3v) is 4.74. The molecular weight excluding hydrogens is 378 g/mol. The first-order valence-electron chi connectivity index (χ1n) is 10.4. The van der Waals surface area contributed by atoms with Crippen LogP contribution in [0.25, 0.3) is 17.1 Å². The molecule has 3 aromatic rings. The second kappa shape index (κ2) is 10.5. The zero-order valence-corrected chi connectivity index (χ0v) is 17.9. The molecule has 0 aliphatic carbocycles. The quantitative estimate of drug-likeness (QED) is 0.511. The summed E-state index contributed by atoms with van der Waals surface area (Å²) in [5, 5.41) is 2.94. The molecular formula is C24H29N3O3. The molecule has 6 heteroatoms. The Labute approximate surface area is 177 Å². The van der Waals surface area contributed by atoms with Crippen LogP contribution in [0.15, 0.2) is 48.5 Å². The van der Waals surface area contributed by atoms with Crippen LogP contribution >= 0.6 is 0 Å². The molecule has 0 aliphatic rings. The summed E-state index contributed by atoms with van der Waals surface area (Å²) >= 11 is 0. The fraction of sp³-hybridized carbons (Fsp3) is 0.333. The van der Waals surface area contributed by atoms with E-state index >= 15 is 0 Å². The van der Waals surface area contributed by atoms with Gasteiger partial charge in [0.25, 0.3) is 0 Å². The summed E-state index contributed by atoms with van der Waals surface area (Å²) in [4.78, 5) is 17.0. The van der Waals surface area contributed by atoms with E-state index < -0.39 is 0 Å². The zero-order chi connectivity index (χ0) is 21.3. The molecule has 0 spiro atoms. The monoisotopic (exact) mass is 407 g/mol. The molecule has 2 aromatic carbocycles. The van der Waals surface area contributed by atoms with E-state index in [1.807, 2.05) is 43.3 Å². The Kier molecular flexibility index (Phi) is 7.49. The van der Waals surface area contributed by atoms with E-state index in [9.17, 15) is 4.79 Å². The van der Waals surface area contributed by atoms with Crippen molar-refractivity contribution in [2.24, 2.45) is 0 Å². The molecule has 0 saturated heterocycles. The van der Waals surface area contributed by atoms with Crippen LogP contribution in [0.5, 0.6) is 11.5 Å². The summed E-state index contributed by atoms with van der Waals surface area (Å²) < 4.78 is 13.1. The van der Waals surface area contributed by atoms with Crippen molar-refractivity contribution < 1.29 is 14.3 Å². The third kappa shape index (κ3) is 5.20. The topological polar surface area (TPSA) is 65.4 Å². The van der Waals surface area contributed by atoms with Gasteiger partial charge in [0.15, 0.2) is 11.5 Å². The smallest absolute Gasteiger partial charge is 0.244 e. The number of ether oxygens (including phenoxy) is 2. The van der Waals surface area contributed by atoms with Gasteiger partial charge in [-0.15, -0.1) is 0 Å². The van der Waals surface area contributed by atoms with Gasteiger partial charge in [-0.1, -0.05) is 25.1 Å². The average molecular weight is 408 g/mol. The van der Waals surface area contributed by atoms with E-state index in [-0.39, 0.29) is 5.91 Å². The number of imidazole rings is 1. The third-order valence-electron chi connectivity index (χ3n) is 4.74. The van der Waals surface area contributed by atoms with E-state index in [1.54, 1.807) is 13.2 Å². The standard InChI is InChI=1S/C24H29N3O3/c1-4-16-27-20-9-7-6-8-19(20)26-23(27)14-15-25-24(28)13-11-18-10-12-21(30-5-2)22(17-18)29-3/h6-13,17H,4-5,14-16H2,1-3H3,(H,25,28)/b13-11+. The summed E-state index contributed by atoms with van der Waals surface area (Å²) in [5.41, 5.74) is 3.01. The Morgan fingerprint density at radius 3 is 2.77 bits per heavy atom. The lowest BCUT2D eigenvalue weighted by Gasteiger charge is -2.09. The zero-order valence-electron chi connectivity index (χ0n) is 17.9. The first kappa shape index (κ1) is 21.4. The van der Waals surface area contributed by atoms with Gasteiger partial charge in [-0.2, -0.15) is 0 Å². The lowest BCUT2D eigenvalue weighted by Crippen LogP contribution is -2.24. The summed E-state index contributed by atoms with van der Waals surface area (Å²) in [7, 11) is 1.60. The van der Waals surface area contributed by atoms with Crippen LogP contribution in [0.1, 0.15) is 31.7 Å². The Hall–Kier alpha value is -3.28. The minimum atomic E-state index is -0.138. The van der Waals surface area contributed by atoms with Crippen LogP contribution in [0.2, 0.25) is 0 Å². The van der Waals surface area contributed by atoms with Crippen LogP contribution < -0.4 is 14.8 Å². The second-order valence-corrected chi connectivity index (χ2v) is 6.89. The van der Waals surface area contributed by atoms with Gasteiger partial charge >= 0.3 is 0 Å². The molecule has 0 fully saturated rings. The van der Waals surface area contributed by atoms with Gasteiger partial charge in [-0.05, 0) is 49.2 Å². The molecule has 1 heterocycles. The predicted molar refractivity (Wildman–Crippen MR) is 120 cm³/mol. The molecule has 158 valence electrons. The number of benzene rings is 2. The summed E-state index contributed by atoms with van der Waals surface area (Å²) in [6.45, 7) is 6.10. The SMILES string of the molecule is CCCn1c(CCNC(=O)/C=C/c2ccc(OCC)c(OC)c2)nc2ccccc21.